The minimum atomic E-state index is -0.150. The van der Waals surface area contributed by atoms with Crippen LogP contribution in [-0.4, -0.2) is 15.9 Å². The van der Waals surface area contributed by atoms with Crippen molar-refractivity contribution in [2.45, 2.75) is 12.8 Å². The van der Waals surface area contributed by atoms with E-state index in [0.29, 0.717) is 28.6 Å². The maximum atomic E-state index is 12.1. The second-order valence-electron chi connectivity index (χ2n) is 5.01. The van der Waals surface area contributed by atoms with Crippen LogP contribution in [0.3, 0.4) is 0 Å². The largest absolute Gasteiger partial charge is 0.324 e. The number of aromatic nitrogens is 2. The van der Waals surface area contributed by atoms with Crippen molar-refractivity contribution in [2.75, 3.05) is 5.32 Å². The van der Waals surface area contributed by atoms with Gasteiger partial charge in [-0.1, -0.05) is 29.3 Å². The van der Waals surface area contributed by atoms with E-state index < -0.39 is 0 Å². The fourth-order valence-electron chi connectivity index (χ4n) is 2.11. The lowest BCUT2D eigenvalue weighted by Gasteiger charge is -2.08. The third-order valence-electron chi connectivity index (χ3n) is 3.30. The summed E-state index contributed by atoms with van der Waals surface area (Å²) in [6, 6.07) is 8.93. The summed E-state index contributed by atoms with van der Waals surface area (Å²) in [7, 11) is 0. The molecule has 1 N–H and O–H groups in total. The number of thiazole rings is 1. The number of hydrogen-bond donors (Lipinski definition) is 1. The summed E-state index contributed by atoms with van der Waals surface area (Å²) in [6.07, 6.45) is 4.35. The Hall–Kier alpha value is -1.95. The third-order valence-corrected chi connectivity index (χ3v) is 4.84. The summed E-state index contributed by atoms with van der Waals surface area (Å²) in [6.45, 7) is 0. The molecule has 0 spiro atoms. The fourth-order valence-corrected chi connectivity index (χ4v) is 3.41. The van der Waals surface area contributed by atoms with E-state index in [2.05, 4.69) is 15.3 Å². The lowest BCUT2D eigenvalue weighted by Crippen LogP contribution is -2.13. The molecule has 7 heteroatoms. The minimum absolute atomic E-state index is 0.150. The van der Waals surface area contributed by atoms with Crippen LogP contribution < -0.4 is 5.32 Å². The van der Waals surface area contributed by atoms with Crippen LogP contribution in [-0.2, 0) is 11.2 Å². The molecule has 0 radical (unpaired) electrons. The van der Waals surface area contributed by atoms with E-state index in [9.17, 15) is 4.79 Å². The average molecular weight is 378 g/mol. The molecule has 0 atom stereocenters. The molecule has 0 fully saturated rings. The zero-order valence-corrected chi connectivity index (χ0v) is 14.8. The van der Waals surface area contributed by atoms with Crippen LogP contribution in [0, 0.1) is 0 Å². The Morgan fingerprint density at radius 1 is 1.17 bits per heavy atom. The average Bonchev–Trinajstić information content (AvgIpc) is 3.06. The summed E-state index contributed by atoms with van der Waals surface area (Å²) in [5.74, 6) is -0.150. The number of nitrogens with one attached hydrogen (secondary N) is 1. The molecule has 1 amide bonds. The van der Waals surface area contributed by atoms with Gasteiger partial charge in [0.05, 0.1) is 26.4 Å². The zero-order chi connectivity index (χ0) is 16.9. The Bertz CT molecular complexity index is 832. The Balaban J connectivity index is 1.60. The molecule has 0 aliphatic rings. The standard InChI is InChI=1S/C17H13Cl2N3OS/c18-12-4-1-5-13(19)17(12)22-15(23)6-7-16-21-14(10-24-16)11-3-2-8-20-9-11/h1-5,8-10H,6-7H2,(H,22,23). The van der Waals surface area contributed by atoms with Crippen LogP contribution in [0.4, 0.5) is 5.69 Å². The first kappa shape index (κ1) is 16.9. The van der Waals surface area contributed by atoms with Crippen molar-refractivity contribution in [1.82, 2.24) is 9.97 Å². The van der Waals surface area contributed by atoms with Crippen LogP contribution >= 0.6 is 34.5 Å². The molecule has 4 nitrogen and oxygen atoms in total. The van der Waals surface area contributed by atoms with Crippen LogP contribution in [0.15, 0.2) is 48.1 Å². The SMILES string of the molecule is O=C(CCc1nc(-c2cccnc2)cs1)Nc1c(Cl)cccc1Cl. The number of hydrogen-bond acceptors (Lipinski definition) is 4. The number of aryl methyl sites for hydroxylation is 1. The summed E-state index contributed by atoms with van der Waals surface area (Å²) in [5.41, 5.74) is 2.28. The van der Waals surface area contributed by atoms with Crippen molar-refractivity contribution in [2.24, 2.45) is 0 Å². The smallest absolute Gasteiger partial charge is 0.224 e. The van der Waals surface area contributed by atoms with E-state index in [4.69, 9.17) is 23.2 Å². The van der Waals surface area contributed by atoms with Gasteiger partial charge in [-0.2, -0.15) is 0 Å². The molecular weight excluding hydrogens is 365 g/mol. The minimum Gasteiger partial charge on any atom is -0.324 e. The molecule has 3 rings (SSSR count). The molecule has 3 aromatic rings. The van der Waals surface area contributed by atoms with Crippen molar-refractivity contribution in [3.63, 3.8) is 0 Å². The monoisotopic (exact) mass is 377 g/mol. The second-order valence-corrected chi connectivity index (χ2v) is 6.77. The van der Waals surface area contributed by atoms with Gasteiger partial charge in [-0.05, 0) is 24.3 Å². The van der Waals surface area contributed by atoms with Crippen molar-refractivity contribution in [1.29, 1.82) is 0 Å². The fraction of sp³-hybridized carbons (Fsp3) is 0.118. The quantitative estimate of drug-likeness (QED) is 0.673. The number of nitrogens with zero attached hydrogens (tertiary/aromatic N) is 2. The highest BCUT2D eigenvalue weighted by Gasteiger charge is 2.11. The molecular formula is C17H13Cl2N3OS. The van der Waals surface area contributed by atoms with E-state index >= 15 is 0 Å². The normalized spacial score (nSPS) is 10.6. The summed E-state index contributed by atoms with van der Waals surface area (Å²) < 4.78 is 0. The van der Waals surface area contributed by atoms with Gasteiger partial charge in [0.2, 0.25) is 5.91 Å². The van der Waals surface area contributed by atoms with Crippen LogP contribution in [0.1, 0.15) is 11.4 Å². The number of benzene rings is 1. The predicted octanol–water partition coefficient (Wildman–Crippen LogP) is 5.08. The molecule has 0 bridgehead atoms. The molecule has 0 aliphatic carbocycles. The zero-order valence-electron chi connectivity index (χ0n) is 12.5. The van der Waals surface area contributed by atoms with Gasteiger partial charge in [0.1, 0.15) is 0 Å². The van der Waals surface area contributed by atoms with Gasteiger partial charge < -0.3 is 5.32 Å². The van der Waals surface area contributed by atoms with Gasteiger partial charge in [0.15, 0.2) is 0 Å². The van der Waals surface area contributed by atoms with Gasteiger partial charge >= 0.3 is 0 Å². The van der Waals surface area contributed by atoms with Crippen molar-refractivity contribution < 1.29 is 4.79 Å². The van der Waals surface area contributed by atoms with Crippen molar-refractivity contribution in [3.05, 3.63) is 63.2 Å². The molecule has 0 unspecified atom stereocenters. The number of amides is 1. The van der Waals surface area contributed by atoms with Crippen molar-refractivity contribution >= 4 is 46.1 Å². The highest BCUT2D eigenvalue weighted by Crippen LogP contribution is 2.30. The number of pyridine rings is 1. The lowest BCUT2D eigenvalue weighted by molar-refractivity contribution is -0.116. The molecule has 0 saturated heterocycles. The van der Waals surface area contributed by atoms with Crippen LogP contribution in [0.25, 0.3) is 11.3 Å². The summed E-state index contributed by atoms with van der Waals surface area (Å²) >= 11 is 13.6. The van der Waals surface area contributed by atoms with E-state index in [-0.39, 0.29) is 5.91 Å². The van der Waals surface area contributed by atoms with Crippen LogP contribution in [0.5, 0.6) is 0 Å². The first-order chi connectivity index (χ1) is 11.6. The predicted molar refractivity (Wildman–Crippen MR) is 98.8 cm³/mol. The first-order valence-electron chi connectivity index (χ1n) is 7.22. The van der Waals surface area contributed by atoms with E-state index in [1.807, 2.05) is 17.5 Å². The van der Waals surface area contributed by atoms with Gasteiger partial charge in [-0.3, -0.25) is 9.78 Å². The van der Waals surface area contributed by atoms with Gasteiger partial charge in [0, 0.05) is 36.2 Å². The number of halogens is 2. The molecule has 122 valence electrons. The Kier molecular flexibility index (Phi) is 5.45. The molecule has 0 saturated carbocycles. The Labute approximate surface area is 153 Å². The molecule has 24 heavy (non-hydrogen) atoms. The topological polar surface area (TPSA) is 54.9 Å². The molecule has 2 aromatic heterocycles. The van der Waals surface area contributed by atoms with Crippen molar-refractivity contribution in [3.8, 4) is 11.3 Å². The molecule has 2 heterocycles. The maximum Gasteiger partial charge on any atom is 0.224 e. The summed E-state index contributed by atoms with van der Waals surface area (Å²) in [4.78, 5) is 20.7. The van der Waals surface area contributed by atoms with E-state index in [0.717, 1.165) is 16.3 Å². The van der Waals surface area contributed by atoms with Crippen LogP contribution in [0.2, 0.25) is 10.0 Å². The number of anilines is 1. The highest BCUT2D eigenvalue weighted by atomic mass is 35.5. The second kappa shape index (κ2) is 7.75. The Morgan fingerprint density at radius 3 is 2.67 bits per heavy atom. The maximum absolute atomic E-state index is 12.1. The van der Waals surface area contributed by atoms with E-state index in [1.54, 1.807) is 30.6 Å². The lowest BCUT2D eigenvalue weighted by atomic mass is 10.2. The van der Waals surface area contributed by atoms with Gasteiger partial charge in [-0.25, -0.2) is 4.98 Å². The number of carbonyl (C=O) groups is 1. The highest BCUT2D eigenvalue weighted by molar-refractivity contribution is 7.09. The van der Waals surface area contributed by atoms with Gasteiger partial charge in [-0.15, -0.1) is 11.3 Å². The number of carbonyl (C=O) groups excluding carboxylic acids is 1. The number of rotatable bonds is 5. The molecule has 0 aliphatic heterocycles. The van der Waals surface area contributed by atoms with E-state index in [1.165, 1.54) is 11.3 Å². The first-order valence-corrected chi connectivity index (χ1v) is 8.85. The summed E-state index contributed by atoms with van der Waals surface area (Å²) in [5, 5.41) is 6.46. The molecule has 1 aromatic carbocycles. The third kappa shape index (κ3) is 4.12. The Morgan fingerprint density at radius 2 is 1.96 bits per heavy atom. The number of para-hydroxylation sites is 1. The van der Waals surface area contributed by atoms with Gasteiger partial charge in [0.25, 0.3) is 0 Å².